The van der Waals surface area contributed by atoms with Gasteiger partial charge in [-0.05, 0) is 12.8 Å². The Balaban J connectivity index is 2.32. The molecule has 0 aromatic rings. The van der Waals surface area contributed by atoms with E-state index in [1.807, 2.05) is 0 Å². The van der Waals surface area contributed by atoms with Crippen molar-refractivity contribution in [2.75, 3.05) is 26.4 Å². The Morgan fingerprint density at radius 3 is 1.29 bits per heavy atom. The monoisotopic (exact) mass is 909 g/mol. The van der Waals surface area contributed by atoms with Crippen molar-refractivity contribution in [3.05, 3.63) is 0 Å². The molecular formula is C49H96O12S. The first-order valence-electron chi connectivity index (χ1n) is 25.8. The molecule has 1 rings (SSSR count). The van der Waals surface area contributed by atoms with Crippen LogP contribution in [0.5, 0.6) is 0 Å². The van der Waals surface area contributed by atoms with Crippen LogP contribution in [0.2, 0.25) is 0 Å². The van der Waals surface area contributed by atoms with E-state index >= 15 is 0 Å². The second-order valence-electron chi connectivity index (χ2n) is 18.1. The first-order chi connectivity index (χ1) is 30.1. The van der Waals surface area contributed by atoms with Crippen LogP contribution in [0.1, 0.15) is 245 Å². The van der Waals surface area contributed by atoms with Gasteiger partial charge >= 0.3 is 16.4 Å². The van der Waals surface area contributed by atoms with Gasteiger partial charge in [-0.25, -0.2) is 4.18 Å². The van der Waals surface area contributed by atoms with Crippen LogP contribution in [0.15, 0.2) is 0 Å². The van der Waals surface area contributed by atoms with Crippen molar-refractivity contribution in [3.8, 4) is 0 Å². The lowest BCUT2D eigenvalue weighted by molar-refractivity contribution is -0.301. The van der Waals surface area contributed by atoms with Gasteiger partial charge < -0.3 is 34.3 Å². The van der Waals surface area contributed by atoms with Crippen LogP contribution in [0.25, 0.3) is 0 Å². The van der Waals surface area contributed by atoms with Gasteiger partial charge in [-0.15, -0.1) is 0 Å². The van der Waals surface area contributed by atoms with Crippen LogP contribution in [0.3, 0.4) is 0 Å². The van der Waals surface area contributed by atoms with Gasteiger partial charge in [-0.3, -0.25) is 9.35 Å². The minimum atomic E-state index is -5.06. The number of unbranched alkanes of at least 4 members (excludes halogenated alkanes) is 33. The summed E-state index contributed by atoms with van der Waals surface area (Å²) in [7, 11) is -5.06. The number of hydrogen-bond acceptors (Lipinski definition) is 11. The van der Waals surface area contributed by atoms with E-state index in [0.29, 0.717) is 13.0 Å². The van der Waals surface area contributed by atoms with Crippen LogP contribution in [-0.2, 0) is 38.3 Å². The predicted octanol–water partition coefficient (Wildman–Crippen LogP) is 11.6. The fourth-order valence-electron chi connectivity index (χ4n) is 8.32. The summed E-state index contributed by atoms with van der Waals surface area (Å²) >= 11 is 0. The quantitative estimate of drug-likeness (QED) is 0.0258. The highest BCUT2D eigenvalue weighted by molar-refractivity contribution is 7.80. The average Bonchev–Trinajstić information content (AvgIpc) is 3.24. The van der Waals surface area contributed by atoms with Gasteiger partial charge in [0.1, 0.15) is 30.5 Å². The number of carbonyl (C=O) groups excluding carboxylic acids is 1. The average molecular weight is 909 g/mol. The van der Waals surface area contributed by atoms with Crippen LogP contribution in [-0.4, -0.2) is 97.5 Å². The van der Waals surface area contributed by atoms with E-state index in [2.05, 4.69) is 18.0 Å². The molecule has 1 heterocycles. The zero-order valence-electron chi connectivity index (χ0n) is 39.7. The number of aliphatic hydroxyl groups is 3. The summed E-state index contributed by atoms with van der Waals surface area (Å²) in [6.45, 7) is 4.05. The third-order valence-corrected chi connectivity index (χ3v) is 12.7. The zero-order valence-corrected chi connectivity index (χ0v) is 40.5. The molecule has 1 fully saturated rings. The molecule has 1 aliphatic rings. The van der Waals surface area contributed by atoms with E-state index < -0.39 is 59.8 Å². The molecular weight excluding hydrogens is 813 g/mol. The fourth-order valence-corrected chi connectivity index (χ4v) is 8.83. The summed E-state index contributed by atoms with van der Waals surface area (Å²) < 4.78 is 59.2. The van der Waals surface area contributed by atoms with Crippen molar-refractivity contribution in [3.63, 3.8) is 0 Å². The summed E-state index contributed by atoms with van der Waals surface area (Å²) in [4.78, 5) is 12.9. The van der Waals surface area contributed by atoms with Gasteiger partial charge in [-0.2, -0.15) is 8.42 Å². The Bertz CT molecular complexity index is 1090. The second-order valence-corrected chi connectivity index (χ2v) is 19.2. The molecule has 0 aromatic carbocycles. The van der Waals surface area contributed by atoms with Gasteiger partial charge in [0, 0.05) is 13.0 Å². The van der Waals surface area contributed by atoms with Crippen LogP contribution >= 0.6 is 0 Å². The van der Waals surface area contributed by atoms with Gasteiger partial charge in [0.2, 0.25) is 0 Å². The molecule has 1 saturated heterocycles. The smallest absolute Gasteiger partial charge is 0.397 e. The summed E-state index contributed by atoms with van der Waals surface area (Å²) in [5.74, 6) is -0.391. The second kappa shape index (κ2) is 41.5. The maximum atomic E-state index is 12.9. The molecule has 0 aliphatic carbocycles. The molecule has 12 nitrogen and oxygen atoms in total. The Morgan fingerprint density at radius 1 is 0.548 bits per heavy atom. The highest BCUT2D eigenvalue weighted by atomic mass is 32.3. The van der Waals surface area contributed by atoms with E-state index in [4.69, 9.17) is 18.9 Å². The summed E-state index contributed by atoms with van der Waals surface area (Å²) in [5, 5.41) is 30.7. The molecule has 0 amide bonds. The van der Waals surface area contributed by atoms with Gasteiger partial charge in [0.25, 0.3) is 0 Å². The summed E-state index contributed by atoms with van der Waals surface area (Å²) in [6, 6.07) is 0. The van der Waals surface area contributed by atoms with E-state index in [1.165, 1.54) is 180 Å². The van der Waals surface area contributed by atoms with E-state index in [0.717, 1.165) is 38.5 Å². The molecule has 6 unspecified atom stereocenters. The van der Waals surface area contributed by atoms with Gasteiger partial charge in [-0.1, -0.05) is 226 Å². The number of carbonyl (C=O) groups is 1. The topological polar surface area (TPSA) is 178 Å². The standard InChI is InChI=1S/C49H96O12S/c1-3-5-7-9-11-13-15-17-19-20-21-22-23-24-25-26-28-30-32-34-36-38-45(51)59-43(41-57-39-37-35-33-31-29-27-18-16-14-12-10-8-6-4-2)42-58-49-47(53)48(61-62(54,55)56)46(52)44(40-50)60-49/h43-44,46-50,52-53H,3-42H2,1-2H3,(H,54,55,56). The van der Waals surface area contributed by atoms with E-state index in [1.54, 1.807) is 0 Å². The number of hydrogen-bond donors (Lipinski definition) is 4. The molecule has 62 heavy (non-hydrogen) atoms. The molecule has 370 valence electrons. The molecule has 1 aliphatic heterocycles. The van der Waals surface area contributed by atoms with Gasteiger partial charge in [0.15, 0.2) is 6.29 Å². The van der Waals surface area contributed by atoms with Crippen molar-refractivity contribution >= 4 is 16.4 Å². The fraction of sp³-hybridized carbons (Fsp3) is 0.980. The minimum absolute atomic E-state index is 0.0450. The molecule has 13 heteroatoms. The predicted molar refractivity (Wildman–Crippen MR) is 248 cm³/mol. The molecule has 0 aromatic heterocycles. The lowest BCUT2D eigenvalue weighted by atomic mass is 9.99. The van der Waals surface area contributed by atoms with Crippen molar-refractivity contribution in [2.45, 2.75) is 282 Å². The minimum Gasteiger partial charge on any atom is -0.457 e. The molecule has 0 radical (unpaired) electrons. The molecule has 6 atom stereocenters. The molecule has 0 saturated carbocycles. The summed E-state index contributed by atoms with van der Waals surface area (Å²) in [6.07, 6.45) is 35.6. The number of esters is 1. The van der Waals surface area contributed by atoms with E-state index in [-0.39, 0.29) is 19.6 Å². The highest BCUT2D eigenvalue weighted by Gasteiger charge is 2.48. The normalized spacial score (nSPS) is 19.9. The number of aliphatic hydroxyl groups excluding tert-OH is 3. The van der Waals surface area contributed by atoms with Crippen molar-refractivity contribution in [1.82, 2.24) is 0 Å². The first-order valence-corrected chi connectivity index (χ1v) is 27.2. The maximum absolute atomic E-state index is 12.9. The SMILES string of the molecule is CCCCCCCCCCCCCCCCCCCCCCCC(=O)OC(COCCCCCCCCCCCCCCCC)COC1OC(CO)C(O)C(OS(=O)(=O)O)C1O. The van der Waals surface area contributed by atoms with Crippen LogP contribution in [0, 0.1) is 0 Å². The lowest BCUT2D eigenvalue weighted by Crippen LogP contribution is -2.60. The first kappa shape index (κ1) is 59.1. The molecule has 4 N–H and O–H groups in total. The maximum Gasteiger partial charge on any atom is 0.397 e. The Morgan fingerprint density at radius 2 is 0.919 bits per heavy atom. The third kappa shape index (κ3) is 34.4. The van der Waals surface area contributed by atoms with Crippen LogP contribution in [0.4, 0.5) is 0 Å². The lowest BCUT2D eigenvalue weighted by Gasteiger charge is -2.41. The Hall–Kier alpha value is -0.900. The van der Waals surface area contributed by atoms with E-state index in [9.17, 15) is 33.1 Å². The number of ether oxygens (including phenoxy) is 4. The summed E-state index contributed by atoms with van der Waals surface area (Å²) in [5.41, 5.74) is 0. The van der Waals surface area contributed by atoms with Crippen molar-refractivity contribution in [1.29, 1.82) is 0 Å². The number of rotatable bonds is 46. The molecule has 0 bridgehead atoms. The van der Waals surface area contributed by atoms with Crippen molar-refractivity contribution < 1.29 is 56.2 Å². The zero-order chi connectivity index (χ0) is 45.4. The molecule has 0 spiro atoms. The Kier molecular flexibility index (Phi) is 39.6. The highest BCUT2D eigenvalue weighted by Crippen LogP contribution is 2.26. The Labute approximate surface area is 379 Å². The third-order valence-electron chi connectivity index (χ3n) is 12.2. The van der Waals surface area contributed by atoms with Crippen LogP contribution < -0.4 is 0 Å². The largest absolute Gasteiger partial charge is 0.457 e. The van der Waals surface area contributed by atoms with Gasteiger partial charge in [0.05, 0.1) is 19.8 Å². The van der Waals surface area contributed by atoms with Crippen molar-refractivity contribution in [2.24, 2.45) is 0 Å².